The zero-order valence-corrected chi connectivity index (χ0v) is 14.9. The Morgan fingerprint density at radius 3 is 2.67 bits per heavy atom. The first-order valence-corrected chi connectivity index (χ1v) is 9.34. The summed E-state index contributed by atoms with van der Waals surface area (Å²) in [5.74, 6) is 0.970. The Labute approximate surface area is 145 Å². The highest BCUT2D eigenvalue weighted by molar-refractivity contribution is 5.78. The topological polar surface area (TPSA) is 52.6 Å². The molecule has 3 rings (SSSR count). The normalized spacial score (nSPS) is 25.0. The first-order valence-electron chi connectivity index (χ1n) is 9.34. The number of rotatable bonds is 5. The number of piperidine rings is 1. The fraction of sp³-hybridized carbons (Fsp3) is 0.650. The molecule has 2 atom stereocenters. The van der Waals surface area contributed by atoms with Crippen molar-refractivity contribution in [2.24, 2.45) is 11.8 Å². The number of carbonyl (C=O) groups excluding carboxylic acids is 1. The second kappa shape index (κ2) is 7.66. The van der Waals surface area contributed by atoms with Crippen molar-refractivity contribution in [3.63, 3.8) is 0 Å². The molecule has 1 heterocycles. The van der Waals surface area contributed by atoms with Gasteiger partial charge in [0.2, 0.25) is 5.91 Å². The maximum Gasteiger partial charge on any atom is 0.223 e. The second-order valence-corrected chi connectivity index (χ2v) is 7.70. The second-order valence-electron chi connectivity index (χ2n) is 7.70. The van der Waals surface area contributed by atoms with Gasteiger partial charge in [-0.3, -0.25) is 9.69 Å². The van der Waals surface area contributed by atoms with E-state index >= 15 is 0 Å². The molecule has 0 spiro atoms. The van der Waals surface area contributed by atoms with Crippen LogP contribution in [0, 0.1) is 11.8 Å². The zero-order chi connectivity index (χ0) is 17.1. The number of aliphatic hydroxyl groups is 1. The van der Waals surface area contributed by atoms with Gasteiger partial charge < -0.3 is 10.4 Å². The van der Waals surface area contributed by atoms with Crippen molar-refractivity contribution in [1.82, 2.24) is 10.2 Å². The van der Waals surface area contributed by atoms with Gasteiger partial charge in [0.05, 0.1) is 6.10 Å². The van der Waals surface area contributed by atoms with Crippen LogP contribution in [0.1, 0.15) is 50.3 Å². The van der Waals surface area contributed by atoms with E-state index in [1.165, 1.54) is 5.56 Å². The van der Waals surface area contributed by atoms with Gasteiger partial charge in [0.15, 0.2) is 0 Å². The largest absolute Gasteiger partial charge is 0.387 e. The summed E-state index contributed by atoms with van der Waals surface area (Å²) in [4.78, 5) is 14.6. The molecule has 2 N–H and O–H groups in total. The molecule has 1 aromatic carbocycles. The van der Waals surface area contributed by atoms with Gasteiger partial charge >= 0.3 is 0 Å². The summed E-state index contributed by atoms with van der Waals surface area (Å²) in [5, 5.41) is 13.7. The van der Waals surface area contributed by atoms with Crippen LogP contribution in [0.2, 0.25) is 0 Å². The standard InChI is InChI=1S/C20H30N2O2/c1-14(2)7-10-21-20(24)15-8-11-22(12-9-15)18-13-16-5-3-4-6-17(16)19(18)23/h3-6,14-15,18-19,23H,7-13H2,1-2H3,(H,21,24)/t18-,19-/m1/s1. The number of carbonyl (C=O) groups is 1. The molecular formula is C20H30N2O2. The lowest BCUT2D eigenvalue weighted by Crippen LogP contribution is -2.46. The number of likely N-dealkylation sites (tertiary alicyclic amines) is 1. The summed E-state index contributed by atoms with van der Waals surface area (Å²) in [7, 11) is 0. The lowest BCUT2D eigenvalue weighted by atomic mass is 9.94. The fourth-order valence-corrected chi connectivity index (χ4v) is 4.00. The Morgan fingerprint density at radius 1 is 1.29 bits per heavy atom. The third-order valence-electron chi connectivity index (χ3n) is 5.56. The van der Waals surface area contributed by atoms with Gasteiger partial charge in [0.25, 0.3) is 0 Å². The van der Waals surface area contributed by atoms with Crippen LogP contribution in [0.5, 0.6) is 0 Å². The Kier molecular flexibility index (Phi) is 5.57. The minimum absolute atomic E-state index is 0.134. The van der Waals surface area contributed by atoms with Gasteiger partial charge in [-0.1, -0.05) is 38.1 Å². The highest BCUT2D eigenvalue weighted by Gasteiger charge is 2.37. The van der Waals surface area contributed by atoms with Crippen LogP contribution in [0.15, 0.2) is 24.3 Å². The van der Waals surface area contributed by atoms with Gasteiger partial charge in [-0.05, 0) is 55.8 Å². The summed E-state index contributed by atoms with van der Waals surface area (Å²) in [6, 6.07) is 8.37. The number of benzene rings is 1. The van der Waals surface area contributed by atoms with Gasteiger partial charge in [-0.15, -0.1) is 0 Å². The number of nitrogens with zero attached hydrogens (tertiary/aromatic N) is 1. The monoisotopic (exact) mass is 330 g/mol. The smallest absolute Gasteiger partial charge is 0.223 e. The number of hydrogen-bond acceptors (Lipinski definition) is 3. The minimum atomic E-state index is -0.391. The predicted octanol–water partition coefficient (Wildman–Crippen LogP) is 2.52. The van der Waals surface area contributed by atoms with E-state index in [1.807, 2.05) is 18.2 Å². The molecule has 1 aliphatic heterocycles. The van der Waals surface area contributed by atoms with Crippen molar-refractivity contribution in [3.8, 4) is 0 Å². The number of aliphatic hydroxyl groups excluding tert-OH is 1. The van der Waals surface area contributed by atoms with E-state index < -0.39 is 6.10 Å². The molecule has 24 heavy (non-hydrogen) atoms. The van der Waals surface area contributed by atoms with Crippen LogP contribution in [-0.4, -0.2) is 41.6 Å². The van der Waals surface area contributed by atoms with Crippen LogP contribution in [-0.2, 0) is 11.2 Å². The Balaban J connectivity index is 1.48. The maximum atomic E-state index is 12.3. The molecule has 1 fully saturated rings. The first kappa shape index (κ1) is 17.4. The molecule has 1 amide bonds. The molecule has 0 saturated carbocycles. The number of hydrogen-bond donors (Lipinski definition) is 2. The van der Waals surface area contributed by atoms with Crippen molar-refractivity contribution in [3.05, 3.63) is 35.4 Å². The van der Waals surface area contributed by atoms with Crippen molar-refractivity contribution in [2.45, 2.75) is 51.7 Å². The molecule has 1 saturated heterocycles. The van der Waals surface area contributed by atoms with E-state index in [-0.39, 0.29) is 17.9 Å². The van der Waals surface area contributed by atoms with Gasteiger partial charge in [0.1, 0.15) is 0 Å². The van der Waals surface area contributed by atoms with E-state index in [1.54, 1.807) is 0 Å². The molecular weight excluding hydrogens is 300 g/mol. The predicted molar refractivity (Wildman–Crippen MR) is 95.7 cm³/mol. The molecule has 0 unspecified atom stereocenters. The summed E-state index contributed by atoms with van der Waals surface area (Å²) in [5.41, 5.74) is 2.35. The van der Waals surface area contributed by atoms with E-state index in [9.17, 15) is 9.90 Å². The highest BCUT2D eigenvalue weighted by atomic mass is 16.3. The molecule has 2 aliphatic rings. The van der Waals surface area contributed by atoms with Gasteiger partial charge in [0, 0.05) is 18.5 Å². The number of amides is 1. The maximum absolute atomic E-state index is 12.3. The number of fused-ring (bicyclic) bond motifs is 1. The Bertz CT molecular complexity index is 565. The Morgan fingerprint density at radius 2 is 2.00 bits per heavy atom. The van der Waals surface area contributed by atoms with Crippen molar-refractivity contribution in [1.29, 1.82) is 0 Å². The van der Waals surface area contributed by atoms with Crippen LogP contribution in [0.25, 0.3) is 0 Å². The van der Waals surface area contributed by atoms with Gasteiger partial charge in [-0.2, -0.15) is 0 Å². The van der Waals surface area contributed by atoms with Crippen molar-refractivity contribution in [2.75, 3.05) is 19.6 Å². The first-order chi connectivity index (χ1) is 11.6. The molecule has 132 valence electrons. The molecule has 4 heteroatoms. The summed E-state index contributed by atoms with van der Waals surface area (Å²) in [6.07, 6.45) is 3.36. The SMILES string of the molecule is CC(C)CCNC(=O)C1CCN([C@@H]2Cc3ccccc3[C@H]2O)CC1. The molecule has 1 aromatic rings. The lowest BCUT2D eigenvalue weighted by molar-refractivity contribution is -0.126. The van der Waals surface area contributed by atoms with Crippen LogP contribution in [0.3, 0.4) is 0 Å². The molecule has 1 aliphatic carbocycles. The fourth-order valence-electron chi connectivity index (χ4n) is 4.00. The van der Waals surface area contributed by atoms with E-state index in [0.29, 0.717) is 5.92 Å². The minimum Gasteiger partial charge on any atom is -0.387 e. The average molecular weight is 330 g/mol. The molecule has 0 aromatic heterocycles. The summed E-state index contributed by atoms with van der Waals surface area (Å²) < 4.78 is 0. The van der Waals surface area contributed by atoms with Gasteiger partial charge in [-0.25, -0.2) is 0 Å². The van der Waals surface area contributed by atoms with Crippen LogP contribution >= 0.6 is 0 Å². The van der Waals surface area contributed by atoms with Crippen LogP contribution < -0.4 is 5.32 Å². The molecule has 4 nitrogen and oxygen atoms in total. The third kappa shape index (κ3) is 3.81. The lowest BCUT2D eigenvalue weighted by Gasteiger charge is -2.36. The summed E-state index contributed by atoms with van der Waals surface area (Å²) in [6.45, 7) is 6.94. The molecule has 0 radical (unpaired) electrons. The quantitative estimate of drug-likeness (QED) is 0.872. The Hall–Kier alpha value is -1.39. The summed E-state index contributed by atoms with van der Waals surface area (Å²) >= 11 is 0. The van der Waals surface area contributed by atoms with E-state index in [2.05, 4.69) is 30.1 Å². The zero-order valence-electron chi connectivity index (χ0n) is 14.9. The molecule has 0 bridgehead atoms. The van der Waals surface area contributed by atoms with E-state index in [0.717, 1.165) is 50.9 Å². The van der Waals surface area contributed by atoms with Crippen molar-refractivity contribution < 1.29 is 9.90 Å². The third-order valence-corrected chi connectivity index (χ3v) is 5.56. The average Bonchev–Trinajstić information content (AvgIpc) is 2.92. The van der Waals surface area contributed by atoms with Crippen LogP contribution in [0.4, 0.5) is 0 Å². The highest BCUT2D eigenvalue weighted by Crippen LogP contribution is 2.35. The number of nitrogens with one attached hydrogen (secondary N) is 1. The van der Waals surface area contributed by atoms with Crippen molar-refractivity contribution >= 4 is 5.91 Å². The van der Waals surface area contributed by atoms with E-state index in [4.69, 9.17) is 0 Å².